The Bertz CT molecular complexity index is 581. The van der Waals surface area contributed by atoms with Crippen LogP contribution in [0.1, 0.15) is 38.2 Å². The molecule has 2 aromatic rings. The molecule has 0 fully saturated rings. The summed E-state index contributed by atoms with van der Waals surface area (Å²) in [6.45, 7) is 6.49. The molecule has 2 rings (SSSR count). The van der Waals surface area contributed by atoms with Gasteiger partial charge < -0.3 is 14.8 Å². The minimum Gasteiger partial charge on any atom is -0.494 e. The standard InChI is InChI=1S/C21H29NO2/c1-3-4-5-8-16-23-20-13-11-19(12-14-20)22-15-17-24-21-10-7-6-9-18(21)2/h6-7,9-14,22H,3-5,8,15-17H2,1-2H3. The minimum atomic E-state index is 0.639. The molecular weight excluding hydrogens is 298 g/mol. The first-order valence-electron chi connectivity index (χ1n) is 8.94. The van der Waals surface area contributed by atoms with Gasteiger partial charge in [0.05, 0.1) is 6.61 Å². The van der Waals surface area contributed by atoms with Gasteiger partial charge in [0.1, 0.15) is 18.1 Å². The van der Waals surface area contributed by atoms with Crippen LogP contribution < -0.4 is 14.8 Å². The zero-order valence-electron chi connectivity index (χ0n) is 14.9. The number of hydrogen-bond donors (Lipinski definition) is 1. The van der Waals surface area contributed by atoms with E-state index in [1.165, 1.54) is 19.3 Å². The fraction of sp³-hybridized carbons (Fsp3) is 0.429. The number of hydrogen-bond acceptors (Lipinski definition) is 3. The molecule has 3 nitrogen and oxygen atoms in total. The van der Waals surface area contributed by atoms with Crippen LogP contribution in [0.15, 0.2) is 48.5 Å². The normalized spacial score (nSPS) is 10.4. The molecule has 0 amide bonds. The van der Waals surface area contributed by atoms with Crippen LogP contribution in [0.5, 0.6) is 11.5 Å². The number of unbranched alkanes of at least 4 members (excludes halogenated alkanes) is 3. The fourth-order valence-corrected chi connectivity index (χ4v) is 2.46. The average Bonchev–Trinajstić information content (AvgIpc) is 2.61. The van der Waals surface area contributed by atoms with Crippen molar-refractivity contribution in [3.8, 4) is 11.5 Å². The van der Waals surface area contributed by atoms with E-state index in [4.69, 9.17) is 9.47 Å². The molecule has 0 atom stereocenters. The smallest absolute Gasteiger partial charge is 0.122 e. The molecule has 0 spiro atoms. The Morgan fingerprint density at radius 1 is 0.833 bits per heavy atom. The SMILES string of the molecule is CCCCCCOc1ccc(NCCOc2ccccc2C)cc1. The van der Waals surface area contributed by atoms with Gasteiger partial charge in [0.2, 0.25) is 0 Å². The molecule has 0 bridgehead atoms. The zero-order valence-corrected chi connectivity index (χ0v) is 14.9. The topological polar surface area (TPSA) is 30.5 Å². The van der Waals surface area contributed by atoms with Crippen molar-refractivity contribution < 1.29 is 9.47 Å². The summed E-state index contributed by atoms with van der Waals surface area (Å²) in [7, 11) is 0. The number of rotatable bonds is 11. The third-order valence-corrected chi connectivity index (χ3v) is 3.90. The Balaban J connectivity index is 1.64. The number of benzene rings is 2. The molecule has 3 heteroatoms. The molecular formula is C21H29NO2. The van der Waals surface area contributed by atoms with Gasteiger partial charge in [-0.05, 0) is 49.2 Å². The Labute approximate surface area is 146 Å². The zero-order chi connectivity index (χ0) is 17.0. The molecule has 0 saturated carbocycles. The summed E-state index contributed by atoms with van der Waals surface area (Å²) in [6, 6.07) is 16.2. The van der Waals surface area contributed by atoms with Crippen LogP contribution in [-0.4, -0.2) is 19.8 Å². The minimum absolute atomic E-state index is 0.639. The molecule has 0 aromatic heterocycles. The van der Waals surface area contributed by atoms with E-state index in [2.05, 4.69) is 37.4 Å². The second-order valence-corrected chi connectivity index (χ2v) is 5.97. The lowest BCUT2D eigenvalue weighted by Crippen LogP contribution is -2.11. The lowest BCUT2D eigenvalue weighted by atomic mass is 10.2. The van der Waals surface area contributed by atoms with Gasteiger partial charge in [0.25, 0.3) is 0 Å². The van der Waals surface area contributed by atoms with E-state index in [0.717, 1.165) is 42.3 Å². The molecule has 0 aliphatic heterocycles. The third-order valence-electron chi connectivity index (χ3n) is 3.90. The molecule has 0 heterocycles. The fourth-order valence-electron chi connectivity index (χ4n) is 2.46. The van der Waals surface area contributed by atoms with E-state index in [-0.39, 0.29) is 0 Å². The van der Waals surface area contributed by atoms with E-state index in [1.54, 1.807) is 0 Å². The maximum atomic E-state index is 5.78. The summed E-state index contributed by atoms with van der Waals surface area (Å²) in [6.07, 6.45) is 4.92. The average molecular weight is 327 g/mol. The molecule has 130 valence electrons. The number of nitrogens with one attached hydrogen (secondary N) is 1. The lowest BCUT2D eigenvalue weighted by molar-refractivity contribution is 0.305. The monoisotopic (exact) mass is 327 g/mol. The molecule has 0 aliphatic rings. The van der Waals surface area contributed by atoms with E-state index >= 15 is 0 Å². The van der Waals surface area contributed by atoms with Gasteiger partial charge in [-0.1, -0.05) is 44.4 Å². The summed E-state index contributed by atoms with van der Waals surface area (Å²) >= 11 is 0. The first-order chi connectivity index (χ1) is 11.8. The molecule has 2 aromatic carbocycles. The summed E-state index contributed by atoms with van der Waals surface area (Å²) < 4.78 is 11.5. The lowest BCUT2D eigenvalue weighted by Gasteiger charge is -2.11. The van der Waals surface area contributed by atoms with Gasteiger partial charge in [-0.25, -0.2) is 0 Å². The maximum Gasteiger partial charge on any atom is 0.122 e. The van der Waals surface area contributed by atoms with Gasteiger partial charge >= 0.3 is 0 Å². The first kappa shape index (κ1) is 18.2. The summed E-state index contributed by atoms with van der Waals surface area (Å²) in [5, 5.41) is 3.37. The van der Waals surface area contributed by atoms with Gasteiger partial charge in [-0.15, -0.1) is 0 Å². The van der Waals surface area contributed by atoms with Crippen molar-refractivity contribution >= 4 is 5.69 Å². The molecule has 0 saturated heterocycles. The maximum absolute atomic E-state index is 5.78. The largest absolute Gasteiger partial charge is 0.494 e. The highest BCUT2D eigenvalue weighted by atomic mass is 16.5. The highest BCUT2D eigenvalue weighted by molar-refractivity contribution is 5.46. The van der Waals surface area contributed by atoms with E-state index < -0.39 is 0 Å². The summed E-state index contributed by atoms with van der Waals surface area (Å²) in [4.78, 5) is 0. The summed E-state index contributed by atoms with van der Waals surface area (Å²) in [5.41, 5.74) is 2.25. The molecule has 0 radical (unpaired) electrons. The Hall–Kier alpha value is -2.16. The van der Waals surface area contributed by atoms with Crippen molar-refractivity contribution in [1.82, 2.24) is 0 Å². The number of anilines is 1. The number of para-hydroxylation sites is 1. The quantitative estimate of drug-likeness (QED) is 0.557. The van der Waals surface area contributed by atoms with Crippen LogP contribution in [0.25, 0.3) is 0 Å². The highest BCUT2D eigenvalue weighted by Gasteiger charge is 1.98. The van der Waals surface area contributed by atoms with Gasteiger partial charge in [0.15, 0.2) is 0 Å². The second-order valence-electron chi connectivity index (χ2n) is 5.97. The Kier molecular flexibility index (Phi) is 8.02. The summed E-state index contributed by atoms with van der Waals surface area (Å²) in [5.74, 6) is 1.89. The Morgan fingerprint density at radius 3 is 2.38 bits per heavy atom. The number of aryl methyl sites for hydroxylation is 1. The van der Waals surface area contributed by atoms with Crippen LogP contribution in [-0.2, 0) is 0 Å². The third kappa shape index (κ3) is 6.53. The predicted molar refractivity (Wildman–Crippen MR) is 101 cm³/mol. The Morgan fingerprint density at radius 2 is 1.62 bits per heavy atom. The van der Waals surface area contributed by atoms with E-state index in [1.807, 2.05) is 30.3 Å². The van der Waals surface area contributed by atoms with Crippen molar-refractivity contribution in [2.75, 3.05) is 25.1 Å². The van der Waals surface area contributed by atoms with Gasteiger partial charge in [-0.3, -0.25) is 0 Å². The van der Waals surface area contributed by atoms with Crippen LogP contribution in [0.4, 0.5) is 5.69 Å². The van der Waals surface area contributed by atoms with Crippen molar-refractivity contribution in [3.63, 3.8) is 0 Å². The van der Waals surface area contributed by atoms with Gasteiger partial charge in [0, 0.05) is 12.2 Å². The van der Waals surface area contributed by atoms with Crippen molar-refractivity contribution in [1.29, 1.82) is 0 Å². The van der Waals surface area contributed by atoms with Crippen LogP contribution in [0.3, 0.4) is 0 Å². The van der Waals surface area contributed by atoms with E-state index in [0.29, 0.717) is 6.61 Å². The molecule has 1 N–H and O–H groups in total. The molecule has 0 aliphatic carbocycles. The van der Waals surface area contributed by atoms with Gasteiger partial charge in [-0.2, -0.15) is 0 Å². The molecule has 24 heavy (non-hydrogen) atoms. The first-order valence-corrected chi connectivity index (χ1v) is 8.94. The second kappa shape index (κ2) is 10.6. The molecule has 0 unspecified atom stereocenters. The van der Waals surface area contributed by atoms with E-state index in [9.17, 15) is 0 Å². The van der Waals surface area contributed by atoms with Crippen LogP contribution >= 0.6 is 0 Å². The van der Waals surface area contributed by atoms with Crippen molar-refractivity contribution in [3.05, 3.63) is 54.1 Å². The number of ether oxygens (including phenoxy) is 2. The van der Waals surface area contributed by atoms with Crippen molar-refractivity contribution in [2.45, 2.75) is 39.5 Å². The van der Waals surface area contributed by atoms with Crippen LogP contribution in [0.2, 0.25) is 0 Å². The predicted octanol–water partition coefficient (Wildman–Crippen LogP) is 5.45. The highest BCUT2D eigenvalue weighted by Crippen LogP contribution is 2.17. The van der Waals surface area contributed by atoms with Crippen molar-refractivity contribution in [2.24, 2.45) is 0 Å². The van der Waals surface area contributed by atoms with Crippen LogP contribution in [0, 0.1) is 6.92 Å².